The van der Waals surface area contributed by atoms with Gasteiger partial charge in [0.1, 0.15) is 6.17 Å². The maximum Gasteiger partial charge on any atom is 0.185 e. The Bertz CT molecular complexity index is 925. The Balaban J connectivity index is 1.45. The van der Waals surface area contributed by atoms with Gasteiger partial charge >= 0.3 is 0 Å². The first-order valence-electron chi connectivity index (χ1n) is 17.1. The summed E-state index contributed by atoms with van der Waals surface area (Å²) >= 11 is 0. The minimum Gasteiger partial charge on any atom is -0.348 e. The molecular formula is C37H58FNO2. The maximum absolute atomic E-state index is 15.2. The van der Waals surface area contributed by atoms with E-state index in [4.69, 9.17) is 14.5 Å². The zero-order valence-electron chi connectivity index (χ0n) is 26.4. The molecule has 230 valence electrons. The molecule has 2 aromatic rings. The summed E-state index contributed by atoms with van der Waals surface area (Å²) in [6.07, 6.45) is 21.6. The number of hydrogen-bond donors (Lipinski definition) is 0. The number of nitrogens with zero attached hydrogens (tertiary/aromatic N) is 1. The van der Waals surface area contributed by atoms with Crippen molar-refractivity contribution in [2.75, 3.05) is 13.2 Å². The molecule has 0 N–H and O–H groups in total. The summed E-state index contributed by atoms with van der Waals surface area (Å²) < 4.78 is 27.4. The first kappa shape index (κ1) is 33.7. The molecule has 2 unspecified atom stereocenters. The first-order valence-corrected chi connectivity index (χ1v) is 17.1. The number of rotatable bonds is 21. The summed E-state index contributed by atoms with van der Waals surface area (Å²) in [6, 6.07) is 12.4. The molecule has 3 nitrogen and oxygen atoms in total. The highest BCUT2D eigenvalue weighted by molar-refractivity contribution is 5.64. The molecule has 1 aromatic heterocycles. The lowest BCUT2D eigenvalue weighted by Gasteiger charge is -2.29. The van der Waals surface area contributed by atoms with Crippen LogP contribution in [-0.2, 0) is 9.47 Å². The number of ether oxygens (including phenoxy) is 2. The van der Waals surface area contributed by atoms with E-state index in [-0.39, 0.29) is 12.2 Å². The van der Waals surface area contributed by atoms with E-state index < -0.39 is 6.17 Å². The predicted molar refractivity (Wildman–Crippen MR) is 171 cm³/mol. The van der Waals surface area contributed by atoms with Crippen LogP contribution in [0.25, 0.3) is 11.3 Å². The fourth-order valence-electron chi connectivity index (χ4n) is 6.19. The Kier molecular flexibility index (Phi) is 16.6. The van der Waals surface area contributed by atoms with Gasteiger partial charge in [0, 0.05) is 29.2 Å². The number of hydrogen-bond acceptors (Lipinski definition) is 3. The minimum atomic E-state index is -0.839. The number of unbranched alkanes of at least 4 members (excludes halogenated alkanes) is 12. The van der Waals surface area contributed by atoms with E-state index in [0.29, 0.717) is 12.3 Å². The third kappa shape index (κ3) is 11.8. The van der Waals surface area contributed by atoms with Gasteiger partial charge in [0.25, 0.3) is 0 Å². The van der Waals surface area contributed by atoms with Crippen molar-refractivity contribution in [3.05, 3.63) is 53.7 Å². The molecule has 1 aliphatic rings. The lowest BCUT2D eigenvalue weighted by atomic mass is 9.84. The minimum absolute atomic E-state index is 0.0907. The van der Waals surface area contributed by atoms with Crippen LogP contribution in [0.2, 0.25) is 0 Å². The van der Waals surface area contributed by atoms with Crippen molar-refractivity contribution < 1.29 is 13.9 Å². The Hall–Kier alpha value is -1.78. The summed E-state index contributed by atoms with van der Waals surface area (Å²) in [5.41, 5.74) is 3.97. The quantitative estimate of drug-likeness (QED) is 0.141. The van der Waals surface area contributed by atoms with Crippen molar-refractivity contribution in [3.63, 3.8) is 0 Å². The molecule has 0 radical (unpaired) electrons. The molecule has 0 amide bonds. The van der Waals surface area contributed by atoms with Crippen molar-refractivity contribution in [1.29, 1.82) is 0 Å². The summed E-state index contributed by atoms with van der Waals surface area (Å²) in [5.74, 6) is 0.396. The molecule has 0 spiro atoms. The molecule has 0 saturated carbocycles. The van der Waals surface area contributed by atoms with Crippen LogP contribution in [0.1, 0.15) is 153 Å². The standard InChI is InChI=1S/C37H58FNO2/c1-4-7-9-11-12-13-14-15-16-17-21-30-28-40-37(41-29-30)31-25-26-36(39-27-31)34-24-20-19-22-32(34)33(35(38)6-3)23-18-10-8-5-2/h19-20,22,24-27,30,33,35,37H,4-18,21,23,28-29H2,1-3H3. The first-order chi connectivity index (χ1) is 20.2. The molecule has 4 heteroatoms. The van der Waals surface area contributed by atoms with E-state index in [2.05, 4.69) is 32.0 Å². The van der Waals surface area contributed by atoms with Gasteiger partial charge in [-0.3, -0.25) is 4.98 Å². The van der Waals surface area contributed by atoms with Gasteiger partial charge < -0.3 is 9.47 Å². The predicted octanol–water partition coefficient (Wildman–Crippen LogP) is 11.5. The monoisotopic (exact) mass is 567 g/mol. The molecule has 41 heavy (non-hydrogen) atoms. The molecule has 0 bridgehead atoms. The zero-order chi connectivity index (χ0) is 29.1. The second-order valence-corrected chi connectivity index (χ2v) is 12.3. The van der Waals surface area contributed by atoms with E-state index in [1.165, 1.54) is 89.9 Å². The normalized spacial score (nSPS) is 18.8. The molecular weight excluding hydrogens is 509 g/mol. The molecule has 3 rings (SSSR count). The third-order valence-electron chi connectivity index (χ3n) is 8.82. The molecule has 0 aliphatic carbocycles. The van der Waals surface area contributed by atoms with Crippen molar-refractivity contribution in [2.24, 2.45) is 5.92 Å². The van der Waals surface area contributed by atoms with Gasteiger partial charge in [-0.2, -0.15) is 0 Å². The lowest BCUT2D eigenvalue weighted by Crippen LogP contribution is -2.27. The van der Waals surface area contributed by atoms with Crippen LogP contribution in [0.5, 0.6) is 0 Å². The SMILES string of the molecule is CCCCCCCCCCCCC1COC(c2ccc(-c3ccccc3C(CCCCCC)C(F)CC)nc2)OC1. The highest BCUT2D eigenvalue weighted by atomic mass is 19.1. The largest absolute Gasteiger partial charge is 0.348 e. The number of alkyl halides is 1. The number of benzene rings is 1. The number of aromatic nitrogens is 1. The summed E-state index contributed by atoms with van der Waals surface area (Å²) in [5, 5.41) is 0. The van der Waals surface area contributed by atoms with Crippen LogP contribution in [0, 0.1) is 5.92 Å². The van der Waals surface area contributed by atoms with Crippen molar-refractivity contribution >= 4 is 0 Å². The molecule has 1 saturated heterocycles. The Morgan fingerprint density at radius 2 is 1.37 bits per heavy atom. The smallest absolute Gasteiger partial charge is 0.185 e. The fourth-order valence-corrected chi connectivity index (χ4v) is 6.19. The van der Waals surface area contributed by atoms with Gasteiger partial charge in [0.2, 0.25) is 0 Å². The Morgan fingerprint density at radius 3 is 1.98 bits per heavy atom. The second-order valence-electron chi connectivity index (χ2n) is 12.3. The molecule has 2 heterocycles. The molecule has 1 aliphatic heterocycles. The van der Waals surface area contributed by atoms with Gasteiger partial charge in [-0.15, -0.1) is 0 Å². The van der Waals surface area contributed by atoms with E-state index in [1.807, 2.05) is 31.3 Å². The number of pyridine rings is 1. The highest BCUT2D eigenvalue weighted by Crippen LogP contribution is 2.36. The van der Waals surface area contributed by atoms with Crippen LogP contribution in [-0.4, -0.2) is 24.4 Å². The van der Waals surface area contributed by atoms with E-state index >= 15 is 4.39 Å². The van der Waals surface area contributed by atoms with Gasteiger partial charge in [0.15, 0.2) is 6.29 Å². The van der Waals surface area contributed by atoms with Gasteiger partial charge in [-0.05, 0) is 30.9 Å². The van der Waals surface area contributed by atoms with Crippen LogP contribution in [0.3, 0.4) is 0 Å². The average molecular weight is 568 g/mol. The van der Waals surface area contributed by atoms with Crippen molar-refractivity contribution in [3.8, 4) is 11.3 Å². The van der Waals surface area contributed by atoms with Gasteiger partial charge in [-0.1, -0.05) is 141 Å². The van der Waals surface area contributed by atoms with Crippen LogP contribution in [0.4, 0.5) is 4.39 Å². The third-order valence-corrected chi connectivity index (χ3v) is 8.82. The highest BCUT2D eigenvalue weighted by Gasteiger charge is 2.26. The molecule has 1 aromatic carbocycles. The van der Waals surface area contributed by atoms with Crippen LogP contribution >= 0.6 is 0 Å². The van der Waals surface area contributed by atoms with Crippen molar-refractivity contribution in [2.45, 2.75) is 148 Å². The lowest BCUT2D eigenvalue weighted by molar-refractivity contribution is -0.206. The van der Waals surface area contributed by atoms with Gasteiger partial charge in [0.05, 0.1) is 18.9 Å². The Labute approximate surface area is 251 Å². The molecule has 2 atom stereocenters. The zero-order valence-corrected chi connectivity index (χ0v) is 26.4. The summed E-state index contributed by atoms with van der Waals surface area (Å²) in [7, 11) is 0. The van der Waals surface area contributed by atoms with E-state index in [9.17, 15) is 0 Å². The van der Waals surface area contributed by atoms with E-state index in [1.54, 1.807) is 0 Å². The fraction of sp³-hybridized carbons (Fsp3) is 0.703. The second kappa shape index (κ2) is 20.2. The molecule has 1 fully saturated rings. The van der Waals surface area contributed by atoms with Crippen LogP contribution < -0.4 is 0 Å². The topological polar surface area (TPSA) is 31.4 Å². The van der Waals surface area contributed by atoms with Crippen LogP contribution in [0.15, 0.2) is 42.6 Å². The summed E-state index contributed by atoms with van der Waals surface area (Å²) in [4.78, 5) is 4.80. The maximum atomic E-state index is 15.2. The average Bonchev–Trinajstić information content (AvgIpc) is 3.02. The van der Waals surface area contributed by atoms with E-state index in [0.717, 1.165) is 48.4 Å². The van der Waals surface area contributed by atoms with Crippen molar-refractivity contribution in [1.82, 2.24) is 4.98 Å². The number of halogens is 1. The Morgan fingerprint density at radius 1 is 0.756 bits per heavy atom. The van der Waals surface area contributed by atoms with Gasteiger partial charge in [-0.25, -0.2) is 4.39 Å². The summed E-state index contributed by atoms with van der Waals surface area (Å²) in [6.45, 7) is 7.95.